The van der Waals surface area contributed by atoms with E-state index >= 15 is 0 Å². The molecule has 0 spiro atoms. The minimum atomic E-state index is 0.510. The minimum absolute atomic E-state index is 0.510. The standard InChI is InChI=1S/C17H27N3/c1-17(6-8-19-13-17)14-20-9-4-15(5-10-20)11-16-3-2-7-18-12-16/h2-3,7,12,15,19H,4-6,8-11,13-14H2,1H3. The second kappa shape index (κ2) is 6.23. The Morgan fingerprint density at radius 2 is 2.25 bits per heavy atom. The number of pyridine rings is 1. The van der Waals surface area contributed by atoms with E-state index in [4.69, 9.17) is 0 Å². The van der Waals surface area contributed by atoms with Crippen molar-refractivity contribution in [3.63, 3.8) is 0 Å². The number of aromatic nitrogens is 1. The van der Waals surface area contributed by atoms with Crippen LogP contribution in [0.3, 0.4) is 0 Å². The summed E-state index contributed by atoms with van der Waals surface area (Å²) in [5, 5.41) is 3.51. The first-order valence-corrected chi connectivity index (χ1v) is 8.06. The van der Waals surface area contributed by atoms with Crippen LogP contribution in [0.4, 0.5) is 0 Å². The zero-order chi connectivity index (χ0) is 13.8. The molecule has 0 amide bonds. The molecule has 1 N–H and O–H groups in total. The molecule has 0 bridgehead atoms. The van der Waals surface area contributed by atoms with Gasteiger partial charge in [-0.25, -0.2) is 0 Å². The zero-order valence-electron chi connectivity index (χ0n) is 12.6. The quantitative estimate of drug-likeness (QED) is 0.912. The van der Waals surface area contributed by atoms with Gasteiger partial charge in [-0.2, -0.15) is 0 Å². The predicted molar refractivity (Wildman–Crippen MR) is 82.7 cm³/mol. The Bertz CT molecular complexity index is 404. The molecule has 3 rings (SSSR count). The summed E-state index contributed by atoms with van der Waals surface area (Å²) in [5.41, 5.74) is 1.91. The topological polar surface area (TPSA) is 28.2 Å². The average Bonchev–Trinajstić information content (AvgIpc) is 2.89. The summed E-state index contributed by atoms with van der Waals surface area (Å²) in [6, 6.07) is 4.27. The molecule has 2 aliphatic rings. The number of piperidine rings is 1. The fourth-order valence-electron chi connectivity index (χ4n) is 3.74. The first-order chi connectivity index (χ1) is 9.73. The molecule has 2 aliphatic heterocycles. The van der Waals surface area contributed by atoms with Crippen molar-refractivity contribution in [2.45, 2.75) is 32.6 Å². The van der Waals surface area contributed by atoms with Crippen molar-refractivity contribution in [2.75, 3.05) is 32.7 Å². The Balaban J connectivity index is 1.45. The van der Waals surface area contributed by atoms with Crippen LogP contribution in [0.2, 0.25) is 0 Å². The molecular formula is C17H27N3. The average molecular weight is 273 g/mol. The van der Waals surface area contributed by atoms with Gasteiger partial charge in [-0.05, 0) is 68.3 Å². The van der Waals surface area contributed by atoms with E-state index in [9.17, 15) is 0 Å². The van der Waals surface area contributed by atoms with Crippen LogP contribution in [-0.4, -0.2) is 42.6 Å². The van der Waals surface area contributed by atoms with Gasteiger partial charge < -0.3 is 10.2 Å². The fourth-order valence-corrected chi connectivity index (χ4v) is 3.74. The third-order valence-electron chi connectivity index (χ3n) is 5.02. The number of rotatable bonds is 4. The highest BCUT2D eigenvalue weighted by Crippen LogP contribution is 2.28. The molecule has 2 saturated heterocycles. The van der Waals surface area contributed by atoms with Gasteiger partial charge >= 0.3 is 0 Å². The van der Waals surface area contributed by atoms with Gasteiger partial charge in [0.1, 0.15) is 0 Å². The van der Waals surface area contributed by atoms with Crippen molar-refractivity contribution < 1.29 is 0 Å². The third kappa shape index (κ3) is 3.58. The lowest BCUT2D eigenvalue weighted by Crippen LogP contribution is -2.42. The molecule has 1 unspecified atom stereocenters. The van der Waals surface area contributed by atoms with Crippen LogP contribution in [0.1, 0.15) is 31.7 Å². The van der Waals surface area contributed by atoms with Gasteiger partial charge in [-0.15, -0.1) is 0 Å². The molecule has 1 aromatic heterocycles. The molecule has 0 aromatic carbocycles. The molecule has 1 aromatic rings. The first-order valence-electron chi connectivity index (χ1n) is 8.06. The molecular weight excluding hydrogens is 246 g/mol. The molecule has 20 heavy (non-hydrogen) atoms. The molecule has 3 heterocycles. The van der Waals surface area contributed by atoms with Crippen LogP contribution in [0.5, 0.6) is 0 Å². The summed E-state index contributed by atoms with van der Waals surface area (Å²) < 4.78 is 0. The van der Waals surface area contributed by atoms with E-state index in [1.54, 1.807) is 0 Å². The van der Waals surface area contributed by atoms with Crippen molar-refractivity contribution >= 4 is 0 Å². The van der Waals surface area contributed by atoms with Gasteiger partial charge in [0, 0.05) is 25.5 Å². The smallest absolute Gasteiger partial charge is 0.0299 e. The van der Waals surface area contributed by atoms with Crippen LogP contribution in [0.25, 0.3) is 0 Å². The Morgan fingerprint density at radius 1 is 1.40 bits per heavy atom. The molecule has 0 radical (unpaired) electrons. The summed E-state index contributed by atoms with van der Waals surface area (Å²) in [7, 11) is 0. The highest BCUT2D eigenvalue weighted by molar-refractivity contribution is 5.09. The van der Waals surface area contributed by atoms with E-state index in [1.165, 1.54) is 64.0 Å². The Kier molecular flexibility index (Phi) is 4.37. The fraction of sp³-hybridized carbons (Fsp3) is 0.706. The maximum Gasteiger partial charge on any atom is 0.0299 e. The normalized spacial score (nSPS) is 28.9. The lowest BCUT2D eigenvalue weighted by atomic mass is 9.86. The van der Waals surface area contributed by atoms with Crippen molar-refractivity contribution in [3.05, 3.63) is 30.1 Å². The van der Waals surface area contributed by atoms with Crippen molar-refractivity contribution in [3.8, 4) is 0 Å². The summed E-state index contributed by atoms with van der Waals surface area (Å²) in [4.78, 5) is 6.91. The predicted octanol–water partition coefficient (Wildman–Crippen LogP) is 2.34. The lowest BCUT2D eigenvalue weighted by Gasteiger charge is -2.37. The highest BCUT2D eigenvalue weighted by Gasteiger charge is 2.32. The number of nitrogens with one attached hydrogen (secondary N) is 1. The van der Waals surface area contributed by atoms with Crippen molar-refractivity contribution in [1.29, 1.82) is 0 Å². The minimum Gasteiger partial charge on any atom is -0.316 e. The lowest BCUT2D eigenvalue weighted by molar-refractivity contribution is 0.128. The van der Waals surface area contributed by atoms with Crippen LogP contribution in [0, 0.1) is 11.3 Å². The molecule has 2 fully saturated rings. The van der Waals surface area contributed by atoms with Gasteiger partial charge in [-0.3, -0.25) is 4.98 Å². The molecule has 1 atom stereocenters. The van der Waals surface area contributed by atoms with Crippen LogP contribution in [-0.2, 0) is 6.42 Å². The van der Waals surface area contributed by atoms with Gasteiger partial charge in [0.2, 0.25) is 0 Å². The molecule has 3 heteroatoms. The Hall–Kier alpha value is -0.930. The van der Waals surface area contributed by atoms with E-state index in [0.29, 0.717) is 5.41 Å². The van der Waals surface area contributed by atoms with E-state index in [1.807, 2.05) is 12.4 Å². The number of nitrogens with zero attached hydrogens (tertiary/aromatic N) is 2. The van der Waals surface area contributed by atoms with E-state index in [-0.39, 0.29) is 0 Å². The largest absolute Gasteiger partial charge is 0.316 e. The maximum atomic E-state index is 4.23. The maximum absolute atomic E-state index is 4.23. The number of likely N-dealkylation sites (tertiary alicyclic amines) is 1. The highest BCUT2D eigenvalue weighted by atomic mass is 15.1. The van der Waals surface area contributed by atoms with Crippen LogP contribution >= 0.6 is 0 Å². The van der Waals surface area contributed by atoms with Crippen molar-refractivity contribution in [1.82, 2.24) is 15.2 Å². The summed E-state index contributed by atoms with van der Waals surface area (Å²) in [6.45, 7) is 8.67. The number of hydrogen-bond acceptors (Lipinski definition) is 3. The molecule has 0 saturated carbocycles. The zero-order valence-corrected chi connectivity index (χ0v) is 12.6. The van der Waals surface area contributed by atoms with E-state index in [2.05, 4.69) is 34.3 Å². The van der Waals surface area contributed by atoms with E-state index in [0.717, 1.165) is 5.92 Å². The van der Waals surface area contributed by atoms with E-state index < -0.39 is 0 Å². The number of hydrogen-bond donors (Lipinski definition) is 1. The van der Waals surface area contributed by atoms with Gasteiger partial charge in [0.05, 0.1) is 0 Å². The van der Waals surface area contributed by atoms with Crippen molar-refractivity contribution in [2.24, 2.45) is 11.3 Å². The molecule has 0 aliphatic carbocycles. The van der Waals surface area contributed by atoms with Gasteiger partial charge in [-0.1, -0.05) is 13.0 Å². The Labute approximate surface area is 122 Å². The summed E-state index contributed by atoms with van der Waals surface area (Å²) in [5.74, 6) is 0.852. The van der Waals surface area contributed by atoms with Crippen LogP contribution in [0.15, 0.2) is 24.5 Å². The Morgan fingerprint density at radius 3 is 2.90 bits per heavy atom. The first kappa shape index (κ1) is 14.0. The van der Waals surface area contributed by atoms with Gasteiger partial charge in [0.15, 0.2) is 0 Å². The second-order valence-corrected chi connectivity index (χ2v) is 7.02. The van der Waals surface area contributed by atoms with Gasteiger partial charge in [0.25, 0.3) is 0 Å². The summed E-state index contributed by atoms with van der Waals surface area (Å²) in [6.07, 6.45) is 9.12. The second-order valence-electron chi connectivity index (χ2n) is 7.02. The summed E-state index contributed by atoms with van der Waals surface area (Å²) >= 11 is 0. The SMILES string of the molecule is CC1(CN2CCC(Cc3cccnc3)CC2)CCNC1. The monoisotopic (exact) mass is 273 g/mol. The molecule has 3 nitrogen and oxygen atoms in total. The van der Waals surface area contributed by atoms with Crippen LogP contribution < -0.4 is 5.32 Å². The molecule has 110 valence electrons. The third-order valence-corrected chi connectivity index (χ3v) is 5.02.